The summed E-state index contributed by atoms with van der Waals surface area (Å²) in [5.74, 6) is 1.26. The van der Waals surface area contributed by atoms with Crippen molar-refractivity contribution in [2.24, 2.45) is 11.8 Å². The van der Waals surface area contributed by atoms with Crippen LogP contribution in [-0.4, -0.2) is 23.7 Å². The quantitative estimate of drug-likeness (QED) is 0.592. The largest absolute Gasteiger partial charge is 0.481 e. The van der Waals surface area contributed by atoms with Gasteiger partial charge in [-0.15, -0.1) is 0 Å². The number of carboxylic acids is 1. The van der Waals surface area contributed by atoms with Crippen molar-refractivity contribution in [1.82, 2.24) is 5.32 Å². The molecule has 2 rings (SSSR count). The Hall–Kier alpha value is -0.570. The van der Waals surface area contributed by atoms with E-state index in [0.29, 0.717) is 6.42 Å². The Balaban J connectivity index is 1.48. The number of carboxylic acid groups (broad SMARTS) is 1. The molecule has 0 amide bonds. The maximum atomic E-state index is 10.3. The molecule has 2 aliphatic carbocycles. The fraction of sp³-hybridized carbons (Fsp3) is 0.923. The van der Waals surface area contributed by atoms with E-state index in [4.69, 9.17) is 5.11 Å². The molecule has 0 aromatic rings. The van der Waals surface area contributed by atoms with E-state index in [1.54, 1.807) is 0 Å². The molecule has 2 saturated carbocycles. The third-order valence-electron chi connectivity index (χ3n) is 3.71. The van der Waals surface area contributed by atoms with Crippen molar-refractivity contribution >= 4 is 5.97 Å². The first-order valence-electron chi connectivity index (χ1n) is 6.72. The summed E-state index contributed by atoms with van der Waals surface area (Å²) in [5, 5.41) is 12.2. The highest BCUT2D eigenvalue weighted by molar-refractivity contribution is 5.66. The minimum atomic E-state index is -0.665. The highest BCUT2D eigenvalue weighted by Crippen LogP contribution is 2.44. The molecule has 2 aliphatic rings. The van der Waals surface area contributed by atoms with Crippen molar-refractivity contribution < 1.29 is 9.90 Å². The van der Waals surface area contributed by atoms with Gasteiger partial charge in [0.05, 0.1) is 0 Å². The highest BCUT2D eigenvalue weighted by Gasteiger charge is 2.40. The van der Waals surface area contributed by atoms with Gasteiger partial charge < -0.3 is 10.4 Å². The van der Waals surface area contributed by atoms with E-state index in [1.165, 1.54) is 25.7 Å². The number of rotatable bonds is 9. The Morgan fingerprint density at radius 1 is 1.12 bits per heavy atom. The molecule has 0 unspecified atom stereocenters. The van der Waals surface area contributed by atoms with Gasteiger partial charge in [-0.1, -0.05) is 6.42 Å². The predicted octanol–water partition coefficient (Wildman–Crippen LogP) is 2.41. The van der Waals surface area contributed by atoms with Crippen LogP contribution in [0.1, 0.15) is 51.4 Å². The summed E-state index contributed by atoms with van der Waals surface area (Å²) >= 11 is 0. The van der Waals surface area contributed by atoms with Gasteiger partial charge in [0, 0.05) is 12.5 Å². The van der Waals surface area contributed by atoms with E-state index >= 15 is 0 Å². The van der Waals surface area contributed by atoms with Crippen molar-refractivity contribution in [3.63, 3.8) is 0 Å². The minimum Gasteiger partial charge on any atom is -0.481 e. The molecule has 0 aromatic carbocycles. The molecule has 0 atom stereocenters. The fourth-order valence-corrected chi connectivity index (χ4v) is 2.48. The number of hydrogen-bond donors (Lipinski definition) is 2. The predicted molar refractivity (Wildman–Crippen MR) is 63.3 cm³/mol. The standard InChI is InChI=1S/C13H23NO2/c15-12(16)4-2-1-3-9-14-13(10-5-6-10)11-7-8-11/h10-11,13-14H,1-9H2,(H,15,16). The maximum absolute atomic E-state index is 10.3. The molecular weight excluding hydrogens is 202 g/mol. The van der Waals surface area contributed by atoms with Crippen LogP contribution >= 0.6 is 0 Å². The van der Waals surface area contributed by atoms with Crippen molar-refractivity contribution in [2.45, 2.75) is 57.4 Å². The Bertz CT molecular complexity index is 222. The number of aliphatic carboxylic acids is 1. The molecule has 3 nitrogen and oxygen atoms in total. The van der Waals surface area contributed by atoms with Crippen LogP contribution in [0.25, 0.3) is 0 Å². The fourth-order valence-electron chi connectivity index (χ4n) is 2.48. The third kappa shape index (κ3) is 4.12. The molecule has 16 heavy (non-hydrogen) atoms. The molecule has 3 heteroatoms. The summed E-state index contributed by atoms with van der Waals surface area (Å²) < 4.78 is 0. The summed E-state index contributed by atoms with van der Waals surface area (Å²) in [7, 11) is 0. The molecule has 0 heterocycles. The van der Waals surface area contributed by atoms with Crippen molar-refractivity contribution in [2.75, 3.05) is 6.54 Å². The molecule has 2 fully saturated rings. The average molecular weight is 225 g/mol. The van der Waals surface area contributed by atoms with Gasteiger partial charge in [-0.05, 0) is 56.9 Å². The normalized spacial score (nSPS) is 20.3. The monoisotopic (exact) mass is 225 g/mol. The van der Waals surface area contributed by atoms with Crippen LogP contribution in [0.15, 0.2) is 0 Å². The molecule has 2 N–H and O–H groups in total. The summed E-state index contributed by atoms with van der Waals surface area (Å²) in [6, 6.07) is 0.791. The first-order valence-corrected chi connectivity index (χ1v) is 6.72. The highest BCUT2D eigenvalue weighted by atomic mass is 16.4. The Morgan fingerprint density at radius 3 is 2.25 bits per heavy atom. The molecular formula is C13H23NO2. The lowest BCUT2D eigenvalue weighted by Gasteiger charge is -2.17. The van der Waals surface area contributed by atoms with Gasteiger partial charge >= 0.3 is 5.97 Å². The van der Waals surface area contributed by atoms with Gasteiger partial charge in [-0.3, -0.25) is 4.79 Å². The molecule has 0 radical (unpaired) electrons. The van der Waals surface area contributed by atoms with E-state index in [1.807, 2.05) is 0 Å². The van der Waals surface area contributed by atoms with E-state index in [2.05, 4.69) is 5.32 Å². The lowest BCUT2D eigenvalue weighted by atomic mass is 10.1. The zero-order valence-electron chi connectivity index (χ0n) is 9.95. The van der Waals surface area contributed by atoms with Gasteiger partial charge in [0.25, 0.3) is 0 Å². The van der Waals surface area contributed by atoms with Crippen molar-refractivity contribution in [1.29, 1.82) is 0 Å². The van der Waals surface area contributed by atoms with Crippen LogP contribution in [0.2, 0.25) is 0 Å². The smallest absolute Gasteiger partial charge is 0.303 e. The Morgan fingerprint density at radius 2 is 1.75 bits per heavy atom. The molecule has 0 aromatic heterocycles. The zero-order valence-corrected chi connectivity index (χ0v) is 9.95. The van der Waals surface area contributed by atoms with Crippen LogP contribution in [0.3, 0.4) is 0 Å². The number of unbranched alkanes of at least 4 members (excludes halogenated alkanes) is 2. The Kier molecular flexibility index (Phi) is 4.22. The van der Waals surface area contributed by atoms with Crippen LogP contribution in [0, 0.1) is 11.8 Å². The van der Waals surface area contributed by atoms with Gasteiger partial charge in [0.1, 0.15) is 0 Å². The summed E-state index contributed by atoms with van der Waals surface area (Å²) in [6.07, 6.45) is 9.02. The second-order valence-electron chi connectivity index (χ2n) is 5.36. The molecule has 0 saturated heterocycles. The maximum Gasteiger partial charge on any atom is 0.303 e. The van der Waals surface area contributed by atoms with Crippen molar-refractivity contribution in [3.05, 3.63) is 0 Å². The molecule has 0 aliphatic heterocycles. The second kappa shape index (κ2) is 5.67. The van der Waals surface area contributed by atoms with Gasteiger partial charge in [-0.2, -0.15) is 0 Å². The van der Waals surface area contributed by atoms with Crippen LogP contribution in [0.4, 0.5) is 0 Å². The SMILES string of the molecule is O=C(O)CCCCCNC(C1CC1)C1CC1. The zero-order chi connectivity index (χ0) is 11.4. The van der Waals surface area contributed by atoms with E-state index in [-0.39, 0.29) is 0 Å². The Labute approximate surface area is 97.6 Å². The topological polar surface area (TPSA) is 49.3 Å². The molecule has 0 bridgehead atoms. The van der Waals surface area contributed by atoms with Gasteiger partial charge in [0.15, 0.2) is 0 Å². The summed E-state index contributed by atoms with van der Waals surface area (Å²) in [4.78, 5) is 10.3. The average Bonchev–Trinajstić information content (AvgIpc) is 3.10. The first kappa shape index (κ1) is 11.9. The second-order valence-corrected chi connectivity index (χ2v) is 5.36. The van der Waals surface area contributed by atoms with Gasteiger partial charge in [0.2, 0.25) is 0 Å². The molecule has 0 spiro atoms. The van der Waals surface area contributed by atoms with Crippen molar-refractivity contribution in [3.8, 4) is 0 Å². The van der Waals surface area contributed by atoms with E-state index in [9.17, 15) is 4.79 Å². The van der Waals surface area contributed by atoms with Crippen LogP contribution in [-0.2, 0) is 4.79 Å². The lowest BCUT2D eigenvalue weighted by Crippen LogP contribution is -2.33. The minimum absolute atomic E-state index is 0.328. The van der Waals surface area contributed by atoms with Crippen LogP contribution < -0.4 is 5.32 Å². The number of nitrogens with one attached hydrogen (secondary N) is 1. The first-order chi connectivity index (χ1) is 7.77. The van der Waals surface area contributed by atoms with E-state index in [0.717, 1.165) is 43.7 Å². The van der Waals surface area contributed by atoms with Gasteiger partial charge in [-0.25, -0.2) is 0 Å². The lowest BCUT2D eigenvalue weighted by molar-refractivity contribution is -0.137. The summed E-state index contributed by atoms with van der Waals surface area (Å²) in [5.41, 5.74) is 0. The van der Waals surface area contributed by atoms with Crippen LogP contribution in [0.5, 0.6) is 0 Å². The summed E-state index contributed by atoms with van der Waals surface area (Å²) in [6.45, 7) is 1.08. The number of hydrogen-bond acceptors (Lipinski definition) is 2. The number of carbonyl (C=O) groups is 1. The van der Waals surface area contributed by atoms with E-state index < -0.39 is 5.97 Å². The molecule has 92 valence electrons. The third-order valence-corrected chi connectivity index (χ3v) is 3.71.